The summed E-state index contributed by atoms with van der Waals surface area (Å²) in [5, 5.41) is 21.8. The van der Waals surface area contributed by atoms with Crippen LogP contribution in [0.3, 0.4) is 0 Å². The summed E-state index contributed by atoms with van der Waals surface area (Å²) in [6, 6.07) is 1.85. The average molecular weight is 414 g/mol. The van der Waals surface area contributed by atoms with Crippen molar-refractivity contribution in [3.63, 3.8) is 0 Å². The second-order valence-electron chi connectivity index (χ2n) is 11.2. The number of ether oxygens (including phenoxy) is 1. The van der Waals surface area contributed by atoms with E-state index in [0.29, 0.717) is 24.8 Å². The lowest BCUT2D eigenvalue weighted by Crippen LogP contribution is -2.70. The molecule has 5 nitrogen and oxygen atoms in total. The Morgan fingerprint density at radius 1 is 1.17 bits per heavy atom. The third-order valence-electron chi connectivity index (χ3n) is 9.59. The van der Waals surface area contributed by atoms with Crippen LogP contribution in [0.4, 0.5) is 0 Å². The highest BCUT2D eigenvalue weighted by Gasteiger charge is 2.67. The highest BCUT2D eigenvalue weighted by molar-refractivity contribution is 5.75. The van der Waals surface area contributed by atoms with E-state index in [9.17, 15) is 15.0 Å². The van der Waals surface area contributed by atoms with Crippen LogP contribution in [0.15, 0.2) is 6.07 Å². The van der Waals surface area contributed by atoms with Crippen molar-refractivity contribution in [3.05, 3.63) is 22.8 Å². The highest BCUT2D eigenvalue weighted by Crippen LogP contribution is 2.66. The molecule has 0 radical (unpaired) electrons. The molecule has 2 fully saturated rings. The average Bonchev–Trinajstić information content (AvgIpc) is 3.10. The number of aliphatic hydroxyl groups is 1. The molecule has 164 valence electrons. The van der Waals surface area contributed by atoms with Crippen molar-refractivity contribution >= 4 is 5.91 Å². The number of benzene rings is 1. The molecule has 2 aliphatic carbocycles. The molecule has 4 aliphatic rings. The van der Waals surface area contributed by atoms with Crippen molar-refractivity contribution in [1.29, 1.82) is 0 Å². The number of carbonyl (C=O) groups is 1. The summed E-state index contributed by atoms with van der Waals surface area (Å²) in [5.74, 6) is 1.89. The van der Waals surface area contributed by atoms with E-state index in [1.807, 2.05) is 11.0 Å². The van der Waals surface area contributed by atoms with Gasteiger partial charge in [0.05, 0.1) is 6.10 Å². The van der Waals surface area contributed by atoms with Crippen LogP contribution in [0, 0.1) is 22.7 Å². The molecule has 0 aromatic heterocycles. The van der Waals surface area contributed by atoms with Crippen molar-refractivity contribution in [2.24, 2.45) is 22.7 Å². The summed E-state index contributed by atoms with van der Waals surface area (Å²) in [7, 11) is 0. The Balaban J connectivity index is 1.68. The molecule has 1 spiro atoms. The molecule has 5 rings (SSSR count). The first-order valence-electron chi connectivity index (χ1n) is 11.5. The SMILES string of the molecule is CC(=O)N1Cc2cc(O)c3c(c2C1)O[C@@]12CC[C@H](O)C(C)(C)[C@@H]1CC[C@H](C)[C@@]2(C)C3. The molecule has 2 N–H and O–H groups in total. The molecule has 0 saturated heterocycles. The maximum atomic E-state index is 12.0. The summed E-state index contributed by atoms with van der Waals surface area (Å²) >= 11 is 0. The molecule has 1 aromatic rings. The zero-order valence-corrected chi connectivity index (χ0v) is 18.9. The monoisotopic (exact) mass is 413 g/mol. The quantitative estimate of drug-likeness (QED) is 0.670. The molecule has 0 bridgehead atoms. The fourth-order valence-corrected chi connectivity index (χ4v) is 7.35. The summed E-state index contributed by atoms with van der Waals surface area (Å²) in [6.45, 7) is 11.7. The molecular weight excluding hydrogens is 378 g/mol. The molecule has 2 aliphatic heterocycles. The smallest absolute Gasteiger partial charge is 0.220 e. The molecule has 5 atom stereocenters. The fraction of sp³-hybridized carbons (Fsp3) is 0.720. The van der Waals surface area contributed by atoms with Gasteiger partial charge in [-0.05, 0) is 55.1 Å². The first kappa shape index (κ1) is 20.2. The predicted octanol–water partition coefficient (Wildman–Crippen LogP) is 4.16. The van der Waals surface area contributed by atoms with Crippen LogP contribution >= 0.6 is 0 Å². The minimum absolute atomic E-state index is 0.0457. The second-order valence-corrected chi connectivity index (χ2v) is 11.2. The van der Waals surface area contributed by atoms with E-state index in [-0.39, 0.29) is 34.4 Å². The van der Waals surface area contributed by atoms with Gasteiger partial charge >= 0.3 is 0 Å². The van der Waals surface area contributed by atoms with Gasteiger partial charge in [-0.3, -0.25) is 4.79 Å². The van der Waals surface area contributed by atoms with Crippen molar-refractivity contribution in [1.82, 2.24) is 4.90 Å². The number of hydrogen-bond acceptors (Lipinski definition) is 4. The zero-order valence-electron chi connectivity index (χ0n) is 18.9. The summed E-state index contributed by atoms with van der Waals surface area (Å²) in [6.07, 6.45) is 4.20. The fourth-order valence-electron chi connectivity index (χ4n) is 7.35. The minimum Gasteiger partial charge on any atom is -0.508 e. The van der Waals surface area contributed by atoms with Gasteiger partial charge < -0.3 is 19.8 Å². The molecule has 2 heterocycles. The van der Waals surface area contributed by atoms with Crippen LogP contribution in [-0.4, -0.2) is 32.7 Å². The van der Waals surface area contributed by atoms with Gasteiger partial charge in [0, 0.05) is 42.5 Å². The summed E-state index contributed by atoms with van der Waals surface area (Å²) in [5.41, 5.74) is 2.29. The third-order valence-corrected chi connectivity index (χ3v) is 9.59. The van der Waals surface area contributed by atoms with Crippen molar-refractivity contribution in [2.45, 2.75) is 91.5 Å². The highest BCUT2D eigenvalue weighted by atomic mass is 16.5. The normalized spacial score (nSPS) is 38.7. The Bertz CT molecular complexity index is 924. The summed E-state index contributed by atoms with van der Waals surface area (Å²) < 4.78 is 7.13. The number of phenolic OH excluding ortho intramolecular Hbond substituents is 1. The number of aliphatic hydroxyl groups excluding tert-OH is 1. The van der Waals surface area contributed by atoms with Gasteiger partial charge in [-0.15, -0.1) is 0 Å². The number of phenols is 1. The van der Waals surface area contributed by atoms with E-state index in [4.69, 9.17) is 4.74 Å². The van der Waals surface area contributed by atoms with E-state index < -0.39 is 0 Å². The molecule has 5 heteroatoms. The van der Waals surface area contributed by atoms with Crippen molar-refractivity contribution < 1.29 is 19.7 Å². The number of hydrogen-bond donors (Lipinski definition) is 2. The molecule has 2 saturated carbocycles. The van der Waals surface area contributed by atoms with Crippen LogP contribution < -0.4 is 4.74 Å². The van der Waals surface area contributed by atoms with Gasteiger partial charge in [-0.2, -0.15) is 0 Å². The largest absolute Gasteiger partial charge is 0.508 e. The Morgan fingerprint density at radius 3 is 2.60 bits per heavy atom. The molecule has 1 amide bonds. The Labute approximate surface area is 179 Å². The van der Waals surface area contributed by atoms with Gasteiger partial charge in [0.15, 0.2) is 0 Å². The van der Waals surface area contributed by atoms with Crippen molar-refractivity contribution in [2.75, 3.05) is 0 Å². The molecule has 30 heavy (non-hydrogen) atoms. The maximum Gasteiger partial charge on any atom is 0.220 e. The van der Waals surface area contributed by atoms with E-state index in [2.05, 4.69) is 27.7 Å². The number of rotatable bonds is 0. The van der Waals surface area contributed by atoms with Crippen LogP contribution in [0.25, 0.3) is 0 Å². The van der Waals surface area contributed by atoms with Crippen molar-refractivity contribution in [3.8, 4) is 11.5 Å². The van der Waals surface area contributed by atoms with Crippen LogP contribution in [-0.2, 0) is 24.3 Å². The lowest BCUT2D eigenvalue weighted by atomic mass is 9.43. The van der Waals surface area contributed by atoms with E-state index in [1.165, 1.54) is 0 Å². The van der Waals surface area contributed by atoms with Gasteiger partial charge in [-0.1, -0.05) is 27.7 Å². The molecular formula is C25H35NO4. The number of amides is 1. The Hall–Kier alpha value is -1.75. The topological polar surface area (TPSA) is 70.0 Å². The second kappa shape index (κ2) is 6.15. The standard InChI is InChI=1S/C25H35NO4/c1-14-6-7-20-23(3,4)21(29)8-9-25(20)24(14,5)11-17-19(28)10-16-12-26(15(2)27)13-18(16)22(17)30-25/h10,14,20-21,28-29H,6-9,11-13H2,1-5H3/t14-,20-,21-,24+,25-/m0/s1. The predicted molar refractivity (Wildman–Crippen MR) is 114 cm³/mol. The van der Waals surface area contributed by atoms with Crippen LogP contribution in [0.1, 0.15) is 77.0 Å². The van der Waals surface area contributed by atoms with E-state index in [1.54, 1.807) is 6.92 Å². The van der Waals surface area contributed by atoms with E-state index >= 15 is 0 Å². The van der Waals surface area contributed by atoms with Gasteiger partial charge in [0.25, 0.3) is 0 Å². The molecule has 1 aromatic carbocycles. The van der Waals surface area contributed by atoms with Crippen LogP contribution in [0.2, 0.25) is 0 Å². The first-order chi connectivity index (χ1) is 14.0. The lowest BCUT2D eigenvalue weighted by Gasteiger charge is -2.67. The third kappa shape index (κ3) is 2.36. The Morgan fingerprint density at radius 2 is 1.90 bits per heavy atom. The zero-order chi connectivity index (χ0) is 21.6. The van der Waals surface area contributed by atoms with Gasteiger partial charge in [0.2, 0.25) is 5.91 Å². The van der Waals surface area contributed by atoms with Crippen LogP contribution in [0.5, 0.6) is 11.5 Å². The molecule has 0 unspecified atom stereocenters. The number of carbonyl (C=O) groups excluding carboxylic acids is 1. The van der Waals surface area contributed by atoms with Gasteiger partial charge in [0.1, 0.15) is 17.1 Å². The van der Waals surface area contributed by atoms with E-state index in [0.717, 1.165) is 54.5 Å². The first-order valence-corrected chi connectivity index (χ1v) is 11.5. The number of nitrogens with zero attached hydrogens (tertiary/aromatic N) is 1. The summed E-state index contributed by atoms with van der Waals surface area (Å²) in [4.78, 5) is 13.8. The Kier molecular flexibility index (Phi) is 4.14. The van der Waals surface area contributed by atoms with Gasteiger partial charge in [-0.25, -0.2) is 0 Å². The minimum atomic E-state index is -0.356. The maximum absolute atomic E-state index is 12.0. The number of aromatic hydroxyl groups is 1. The number of fused-ring (bicyclic) bond motifs is 3. The lowest BCUT2D eigenvalue weighted by molar-refractivity contribution is -0.233.